The van der Waals surface area contributed by atoms with Gasteiger partial charge in [0.15, 0.2) is 23.0 Å². The number of amides is 2. The molecule has 4 rings (SSSR count). The van der Waals surface area contributed by atoms with Gasteiger partial charge in [-0.15, -0.1) is 0 Å². The molecule has 3 aromatic rings. The number of esters is 1. The second-order valence-corrected chi connectivity index (χ2v) is 10.2. The highest BCUT2D eigenvalue weighted by Crippen LogP contribution is 2.40. The van der Waals surface area contributed by atoms with Crippen molar-refractivity contribution in [2.24, 2.45) is 0 Å². The van der Waals surface area contributed by atoms with Crippen molar-refractivity contribution in [3.8, 4) is 34.5 Å². The van der Waals surface area contributed by atoms with Gasteiger partial charge in [0.25, 0.3) is 11.8 Å². The van der Waals surface area contributed by atoms with Crippen molar-refractivity contribution in [2.75, 3.05) is 68.9 Å². The minimum Gasteiger partial charge on any atom is -0.493 e. The third-order valence-corrected chi connectivity index (χ3v) is 7.68. The van der Waals surface area contributed by atoms with Crippen molar-refractivity contribution in [3.63, 3.8) is 0 Å². The molecule has 0 saturated carbocycles. The van der Waals surface area contributed by atoms with E-state index in [-0.39, 0.29) is 54.2 Å². The predicted octanol–water partition coefficient (Wildman–Crippen LogP) is 4.22. The largest absolute Gasteiger partial charge is 0.493 e. The molecular formula is C32H35ClN2O10. The molecule has 12 nitrogen and oxygen atoms in total. The Bertz CT molecular complexity index is 1510. The summed E-state index contributed by atoms with van der Waals surface area (Å²) in [6.45, 7) is 0.182. The summed E-state index contributed by atoms with van der Waals surface area (Å²) in [6.07, 6.45) is 0. The molecule has 240 valence electrons. The van der Waals surface area contributed by atoms with E-state index in [4.69, 9.17) is 44.8 Å². The molecule has 0 unspecified atom stereocenters. The normalized spacial score (nSPS) is 14.3. The zero-order valence-corrected chi connectivity index (χ0v) is 26.6. The van der Waals surface area contributed by atoms with Crippen LogP contribution in [0.15, 0.2) is 48.5 Å². The quantitative estimate of drug-likeness (QED) is 0.281. The Labute approximate surface area is 266 Å². The lowest BCUT2D eigenvalue weighted by Gasteiger charge is -2.41. The van der Waals surface area contributed by atoms with Gasteiger partial charge in [-0.25, -0.2) is 4.79 Å². The van der Waals surface area contributed by atoms with Crippen LogP contribution in [-0.4, -0.2) is 103 Å². The molecule has 1 aliphatic heterocycles. The Morgan fingerprint density at radius 3 is 1.67 bits per heavy atom. The summed E-state index contributed by atoms with van der Waals surface area (Å²) in [5.74, 6) is 0.557. The zero-order valence-electron chi connectivity index (χ0n) is 25.9. The number of hydrogen-bond acceptors (Lipinski definition) is 10. The summed E-state index contributed by atoms with van der Waals surface area (Å²) in [7, 11) is 8.77. The van der Waals surface area contributed by atoms with Crippen LogP contribution in [0.2, 0.25) is 5.02 Å². The van der Waals surface area contributed by atoms with Crippen LogP contribution in [-0.2, 0) is 4.74 Å². The highest BCUT2D eigenvalue weighted by atomic mass is 35.5. The minimum absolute atomic E-state index is 0.0570. The molecule has 1 fully saturated rings. The molecule has 2 amide bonds. The summed E-state index contributed by atoms with van der Waals surface area (Å²) in [6, 6.07) is 12.0. The van der Waals surface area contributed by atoms with Crippen molar-refractivity contribution in [2.45, 2.75) is 6.04 Å². The Balaban J connectivity index is 1.65. The van der Waals surface area contributed by atoms with Crippen LogP contribution in [0, 0.1) is 0 Å². The topological polar surface area (TPSA) is 122 Å². The lowest BCUT2D eigenvalue weighted by atomic mass is 10.1. The van der Waals surface area contributed by atoms with Crippen LogP contribution in [0.4, 0.5) is 0 Å². The highest BCUT2D eigenvalue weighted by molar-refractivity contribution is 6.33. The van der Waals surface area contributed by atoms with E-state index in [2.05, 4.69) is 0 Å². The smallest absolute Gasteiger partial charge is 0.339 e. The van der Waals surface area contributed by atoms with Crippen LogP contribution in [0.5, 0.6) is 34.5 Å². The van der Waals surface area contributed by atoms with Crippen LogP contribution < -0.4 is 28.4 Å². The van der Waals surface area contributed by atoms with E-state index in [9.17, 15) is 14.4 Å². The average Bonchev–Trinajstić information content (AvgIpc) is 3.08. The number of ether oxygens (including phenoxy) is 7. The molecule has 0 aromatic heterocycles. The molecular weight excluding hydrogens is 608 g/mol. The van der Waals surface area contributed by atoms with E-state index in [0.717, 1.165) is 0 Å². The summed E-state index contributed by atoms with van der Waals surface area (Å²) in [5.41, 5.74) is 0.736. The maximum Gasteiger partial charge on any atom is 0.339 e. The molecule has 3 aromatic carbocycles. The van der Waals surface area contributed by atoms with E-state index in [1.54, 1.807) is 58.3 Å². The van der Waals surface area contributed by atoms with E-state index >= 15 is 0 Å². The summed E-state index contributed by atoms with van der Waals surface area (Å²) in [4.78, 5) is 43.8. The van der Waals surface area contributed by atoms with E-state index in [0.29, 0.717) is 40.1 Å². The highest BCUT2D eigenvalue weighted by Gasteiger charge is 2.36. The first-order chi connectivity index (χ1) is 21.7. The lowest BCUT2D eigenvalue weighted by molar-refractivity contribution is 0.0119. The molecule has 13 heteroatoms. The van der Waals surface area contributed by atoms with Gasteiger partial charge >= 0.3 is 5.97 Å². The van der Waals surface area contributed by atoms with Crippen molar-refractivity contribution in [1.29, 1.82) is 0 Å². The first-order valence-corrected chi connectivity index (χ1v) is 14.2. The number of hydrogen-bond donors (Lipinski definition) is 0. The molecule has 1 heterocycles. The van der Waals surface area contributed by atoms with Crippen molar-refractivity contribution in [3.05, 3.63) is 70.2 Å². The first-order valence-electron chi connectivity index (χ1n) is 13.8. The van der Waals surface area contributed by atoms with Gasteiger partial charge in [0.1, 0.15) is 6.61 Å². The summed E-state index contributed by atoms with van der Waals surface area (Å²) in [5, 5.41) is 0.232. The Hall–Kier alpha value is -4.84. The molecule has 0 bridgehead atoms. The fraction of sp³-hybridized carbons (Fsp3) is 0.344. The maximum atomic E-state index is 14.0. The molecule has 1 aliphatic rings. The average molecular weight is 643 g/mol. The van der Waals surface area contributed by atoms with E-state index in [1.165, 1.54) is 42.7 Å². The number of nitrogens with zero attached hydrogens (tertiary/aromatic N) is 2. The van der Waals surface area contributed by atoms with Gasteiger partial charge < -0.3 is 43.0 Å². The summed E-state index contributed by atoms with van der Waals surface area (Å²) >= 11 is 6.20. The van der Waals surface area contributed by atoms with Gasteiger partial charge in [-0.3, -0.25) is 9.59 Å². The second kappa shape index (κ2) is 14.8. The minimum atomic E-state index is -0.720. The molecule has 0 spiro atoms. The van der Waals surface area contributed by atoms with Gasteiger partial charge in [0.05, 0.1) is 59.3 Å². The third kappa shape index (κ3) is 6.96. The van der Waals surface area contributed by atoms with Crippen LogP contribution in [0.1, 0.15) is 31.1 Å². The Morgan fingerprint density at radius 1 is 0.711 bits per heavy atom. The van der Waals surface area contributed by atoms with Crippen LogP contribution in [0.25, 0.3) is 0 Å². The number of piperazine rings is 1. The molecule has 0 radical (unpaired) electrons. The standard InChI is InChI=1S/C32H35ClN2O10/c1-39-24-13-19(14-25(40-2)28(24)43-5)30(36)34-11-12-35(21(17-34)18-45-32(38)22-9-7-8-10-23(22)33)31(37)20-15-26(41-3)29(44-6)27(16-20)42-4/h7-10,13-16,21H,11-12,17-18H2,1-6H3/t21-/m0/s1. The number of methoxy groups -OCH3 is 6. The van der Waals surface area contributed by atoms with Crippen LogP contribution in [0.3, 0.4) is 0 Å². The van der Waals surface area contributed by atoms with Gasteiger partial charge in [-0.2, -0.15) is 0 Å². The second-order valence-electron chi connectivity index (χ2n) is 9.81. The van der Waals surface area contributed by atoms with Crippen molar-refractivity contribution >= 4 is 29.4 Å². The van der Waals surface area contributed by atoms with Gasteiger partial charge in [-0.1, -0.05) is 23.7 Å². The van der Waals surface area contributed by atoms with E-state index < -0.39 is 12.0 Å². The van der Waals surface area contributed by atoms with Crippen molar-refractivity contribution < 1.29 is 47.5 Å². The maximum absolute atomic E-state index is 14.0. The zero-order chi connectivity index (χ0) is 32.7. The molecule has 45 heavy (non-hydrogen) atoms. The fourth-order valence-corrected chi connectivity index (χ4v) is 5.30. The number of benzene rings is 3. The van der Waals surface area contributed by atoms with Crippen molar-refractivity contribution in [1.82, 2.24) is 9.80 Å². The van der Waals surface area contributed by atoms with E-state index in [1.807, 2.05) is 0 Å². The number of halogens is 1. The fourth-order valence-electron chi connectivity index (χ4n) is 5.08. The lowest BCUT2D eigenvalue weighted by Crippen LogP contribution is -2.58. The Kier molecular flexibility index (Phi) is 10.8. The molecule has 1 saturated heterocycles. The molecule has 1 atom stereocenters. The summed E-state index contributed by atoms with van der Waals surface area (Å²) < 4.78 is 38.1. The number of carbonyl (C=O) groups is 3. The van der Waals surface area contributed by atoms with Crippen LogP contribution >= 0.6 is 11.6 Å². The third-order valence-electron chi connectivity index (χ3n) is 7.35. The number of rotatable bonds is 11. The van der Waals surface area contributed by atoms with Gasteiger partial charge in [0.2, 0.25) is 11.5 Å². The van der Waals surface area contributed by atoms with Gasteiger partial charge in [-0.05, 0) is 36.4 Å². The monoisotopic (exact) mass is 642 g/mol. The number of carbonyl (C=O) groups excluding carboxylic acids is 3. The molecule has 0 aliphatic carbocycles. The SMILES string of the molecule is COc1cc(C(=O)N2CCN(C(=O)c3cc(OC)c(OC)c(OC)c3)[C@H](COC(=O)c3ccccc3Cl)C2)cc(OC)c1OC. The molecule has 0 N–H and O–H groups in total. The predicted molar refractivity (Wildman–Crippen MR) is 165 cm³/mol. The Morgan fingerprint density at radius 2 is 1.20 bits per heavy atom. The van der Waals surface area contributed by atoms with Gasteiger partial charge in [0, 0.05) is 30.8 Å². The first kappa shape index (κ1) is 33.1.